The molecular formula is C16H23IO4. The van der Waals surface area contributed by atoms with Crippen molar-refractivity contribution >= 4 is 34.5 Å². The molecule has 21 heavy (non-hydrogen) atoms. The van der Waals surface area contributed by atoms with Crippen LogP contribution in [0.15, 0.2) is 34.5 Å². The molecule has 0 aromatic rings. The first-order chi connectivity index (χ1) is 9.98. The summed E-state index contributed by atoms with van der Waals surface area (Å²) in [6, 6.07) is 0. The lowest BCUT2D eigenvalue weighted by molar-refractivity contribution is -0.168. The number of allylic oxidation sites excluding steroid dienone is 4. The highest BCUT2D eigenvalue weighted by atomic mass is 127. The minimum Gasteiger partial charge on any atom is -0.468 e. The number of esters is 2. The standard InChI is InChI=1S/C16H23IO4/c1-5-10-16(14(18)20-3,15(19)21-4)11-9-13(2)8-6-7-12-17/h5,7,9,12H,1,6,8,10-11H2,2-4H3/b12-7-,13-9+. The molecule has 0 bridgehead atoms. The van der Waals surface area contributed by atoms with Crippen LogP contribution in [0.5, 0.6) is 0 Å². The van der Waals surface area contributed by atoms with Crippen LogP contribution in [0.3, 0.4) is 0 Å². The van der Waals surface area contributed by atoms with Crippen molar-refractivity contribution in [3.05, 3.63) is 34.5 Å². The number of rotatable bonds is 9. The fraction of sp³-hybridized carbons (Fsp3) is 0.500. The molecule has 5 heteroatoms. The second kappa shape index (κ2) is 10.6. The van der Waals surface area contributed by atoms with Gasteiger partial charge < -0.3 is 9.47 Å². The summed E-state index contributed by atoms with van der Waals surface area (Å²) < 4.78 is 11.6. The zero-order chi connectivity index (χ0) is 16.3. The highest BCUT2D eigenvalue weighted by molar-refractivity contribution is 14.1. The molecule has 0 saturated carbocycles. The third-order valence-electron chi connectivity index (χ3n) is 3.24. The topological polar surface area (TPSA) is 52.6 Å². The number of halogens is 1. The van der Waals surface area contributed by atoms with Gasteiger partial charge in [0.15, 0.2) is 5.41 Å². The zero-order valence-electron chi connectivity index (χ0n) is 12.9. The van der Waals surface area contributed by atoms with E-state index in [4.69, 9.17) is 9.47 Å². The van der Waals surface area contributed by atoms with Gasteiger partial charge in [-0.3, -0.25) is 9.59 Å². The normalized spacial score (nSPS) is 12.3. The number of methoxy groups -OCH3 is 2. The first-order valence-corrected chi connectivity index (χ1v) is 7.91. The average Bonchev–Trinajstić information content (AvgIpc) is 2.50. The Morgan fingerprint density at radius 3 is 2.19 bits per heavy atom. The second-order valence-corrected chi connectivity index (χ2v) is 5.43. The van der Waals surface area contributed by atoms with E-state index in [0.717, 1.165) is 18.4 Å². The highest BCUT2D eigenvalue weighted by Crippen LogP contribution is 2.32. The number of carbonyl (C=O) groups excluding carboxylic acids is 2. The molecule has 4 nitrogen and oxygen atoms in total. The molecule has 0 heterocycles. The maximum atomic E-state index is 12.1. The van der Waals surface area contributed by atoms with E-state index in [-0.39, 0.29) is 12.8 Å². The molecule has 0 fully saturated rings. The van der Waals surface area contributed by atoms with Crippen LogP contribution in [-0.2, 0) is 19.1 Å². The summed E-state index contributed by atoms with van der Waals surface area (Å²) in [7, 11) is 2.54. The zero-order valence-corrected chi connectivity index (χ0v) is 15.0. The summed E-state index contributed by atoms with van der Waals surface area (Å²) in [5.41, 5.74) is -0.225. The van der Waals surface area contributed by atoms with E-state index in [1.165, 1.54) is 20.3 Å². The number of ether oxygens (including phenoxy) is 2. The van der Waals surface area contributed by atoms with Gasteiger partial charge in [-0.25, -0.2) is 0 Å². The van der Waals surface area contributed by atoms with Crippen molar-refractivity contribution in [3.63, 3.8) is 0 Å². The van der Waals surface area contributed by atoms with Gasteiger partial charge in [-0.1, -0.05) is 46.4 Å². The maximum absolute atomic E-state index is 12.1. The van der Waals surface area contributed by atoms with E-state index in [0.29, 0.717) is 0 Å². The third-order valence-corrected chi connectivity index (χ3v) is 3.75. The molecule has 0 unspecified atom stereocenters. The molecule has 118 valence electrons. The minimum absolute atomic E-state index is 0.184. The molecule has 0 aromatic heterocycles. The van der Waals surface area contributed by atoms with Crippen LogP contribution in [-0.4, -0.2) is 26.2 Å². The highest BCUT2D eigenvalue weighted by Gasteiger charge is 2.46. The van der Waals surface area contributed by atoms with E-state index in [1.807, 2.05) is 17.1 Å². The molecule has 0 N–H and O–H groups in total. The third kappa shape index (κ3) is 6.03. The van der Waals surface area contributed by atoms with Crippen molar-refractivity contribution < 1.29 is 19.1 Å². The first kappa shape index (κ1) is 19.9. The van der Waals surface area contributed by atoms with Crippen LogP contribution >= 0.6 is 22.6 Å². The van der Waals surface area contributed by atoms with Crippen LogP contribution in [0.25, 0.3) is 0 Å². The first-order valence-electron chi connectivity index (χ1n) is 6.67. The fourth-order valence-electron chi connectivity index (χ4n) is 1.96. The second-order valence-electron chi connectivity index (χ2n) is 4.71. The lowest BCUT2D eigenvalue weighted by atomic mass is 9.80. The van der Waals surface area contributed by atoms with Gasteiger partial charge in [0, 0.05) is 0 Å². The van der Waals surface area contributed by atoms with Crippen LogP contribution < -0.4 is 0 Å². The largest absolute Gasteiger partial charge is 0.468 e. The molecule has 0 rings (SSSR count). The predicted octanol–water partition coefficient (Wildman–Crippen LogP) is 3.96. The molecule has 0 radical (unpaired) electrons. The van der Waals surface area contributed by atoms with E-state index >= 15 is 0 Å². The van der Waals surface area contributed by atoms with Crippen molar-refractivity contribution in [1.82, 2.24) is 0 Å². The number of hydrogen-bond acceptors (Lipinski definition) is 4. The Morgan fingerprint density at radius 2 is 1.76 bits per heavy atom. The van der Waals surface area contributed by atoms with Gasteiger partial charge in [0.25, 0.3) is 0 Å². The number of carbonyl (C=O) groups is 2. The summed E-state index contributed by atoms with van der Waals surface area (Å²) in [5, 5.41) is 0. The van der Waals surface area contributed by atoms with Gasteiger partial charge in [0.2, 0.25) is 0 Å². The van der Waals surface area contributed by atoms with Crippen molar-refractivity contribution in [2.75, 3.05) is 14.2 Å². The Hall–Kier alpha value is -1.11. The van der Waals surface area contributed by atoms with Gasteiger partial charge in [0.1, 0.15) is 0 Å². The molecule has 0 aromatic carbocycles. The van der Waals surface area contributed by atoms with Gasteiger partial charge in [-0.2, -0.15) is 0 Å². The van der Waals surface area contributed by atoms with Crippen LogP contribution in [0.1, 0.15) is 32.6 Å². The van der Waals surface area contributed by atoms with E-state index in [1.54, 1.807) is 0 Å². The van der Waals surface area contributed by atoms with Gasteiger partial charge >= 0.3 is 11.9 Å². The molecule has 0 saturated heterocycles. The Morgan fingerprint density at radius 1 is 1.19 bits per heavy atom. The minimum atomic E-state index is -1.34. The van der Waals surface area contributed by atoms with E-state index in [9.17, 15) is 9.59 Å². The van der Waals surface area contributed by atoms with Gasteiger partial charge in [-0.15, -0.1) is 6.58 Å². The molecule has 0 atom stereocenters. The number of hydrogen-bond donors (Lipinski definition) is 0. The van der Waals surface area contributed by atoms with Crippen molar-refractivity contribution in [3.8, 4) is 0 Å². The van der Waals surface area contributed by atoms with Crippen LogP contribution in [0.2, 0.25) is 0 Å². The van der Waals surface area contributed by atoms with Crippen molar-refractivity contribution in [2.45, 2.75) is 32.6 Å². The average molecular weight is 406 g/mol. The predicted molar refractivity (Wildman–Crippen MR) is 92.0 cm³/mol. The molecular weight excluding hydrogens is 383 g/mol. The van der Waals surface area contributed by atoms with Gasteiger partial charge in [0.05, 0.1) is 14.2 Å². The SMILES string of the molecule is C=CCC(C/C=C(\C)CC/C=C\I)(C(=O)OC)C(=O)OC. The molecule has 0 amide bonds. The van der Waals surface area contributed by atoms with Crippen molar-refractivity contribution in [2.24, 2.45) is 5.41 Å². The lowest BCUT2D eigenvalue weighted by Gasteiger charge is -2.26. The summed E-state index contributed by atoms with van der Waals surface area (Å²) in [4.78, 5) is 24.2. The lowest BCUT2D eigenvalue weighted by Crippen LogP contribution is -2.40. The summed E-state index contributed by atoms with van der Waals surface area (Å²) in [5.74, 6) is -1.18. The van der Waals surface area contributed by atoms with E-state index < -0.39 is 17.4 Å². The summed E-state index contributed by atoms with van der Waals surface area (Å²) in [6.45, 7) is 5.60. The monoisotopic (exact) mass is 406 g/mol. The molecule has 0 spiro atoms. The Labute approximate surface area is 140 Å². The van der Waals surface area contributed by atoms with Crippen molar-refractivity contribution in [1.29, 1.82) is 0 Å². The van der Waals surface area contributed by atoms with Crippen LogP contribution in [0, 0.1) is 5.41 Å². The molecule has 0 aliphatic carbocycles. The van der Waals surface area contributed by atoms with E-state index in [2.05, 4.69) is 35.2 Å². The van der Waals surface area contributed by atoms with Gasteiger partial charge in [-0.05, 0) is 36.7 Å². The summed E-state index contributed by atoms with van der Waals surface area (Å²) >= 11 is 2.17. The Bertz CT molecular complexity index is 408. The smallest absolute Gasteiger partial charge is 0.323 e. The maximum Gasteiger partial charge on any atom is 0.323 e. The van der Waals surface area contributed by atoms with Crippen LogP contribution in [0.4, 0.5) is 0 Å². The molecule has 0 aliphatic rings. The Balaban J connectivity index is 5.21. The summed E-state index contributed by atoms with van der Waals surface area (Å²) in [6.07, 6.45) is 7.74. The molecule has 0 aliphatic heterocycles. The fourth-order valence-corrected chi connectivity index (χ4v) is 2.32. The Kier molecular flexibility index (Phi) is 10.0. The quantitative estimate of drug-likeness (QED) is 0.252.